The normalized spacial score (nSPS) is 9.29. The molecule has 1 rings (SSSR count). The highest BCUT2D eigenvalue weighted by Crippen LogP contribution is 2.34. The Labute approximate surface area is 84.5 Å². The molecular formula is C12H14O2. The van der Waals surface area contributed by atoms with Gasteiger partial charge in [-0.3, -0.25) is 0 Å². The second kappa shape index (κ2) is 4.51. The van der Waals surface area contributed by atoms with Gasteiger partial charge in [-0.2, -0.15) is 0 Å². The molecule has 0 aliphatic rings. The second-order valence-corrected chi connectivity index (χ2v) is 2.71. The molecule has 0 fully saturated rings. The molecule has 0 atom stereocenters. The first kappa shape index (κ1) is 10.4. The van der Waals surface area contributed by atoms with Crippen molar-refractivity contribution < 1.29 is 9.47 Å². The first-order valence-corrected chi connectivity index (χ1v) is 4.28. The van der Waals surface area contributed by atoms with Gasteiger partial charge in [-0.25, -0.2) is 0 Å². The zero-order chi connectivity index (χ0) is 10.6. The summed E-state index contributed by atoms with van der Waals surface area (Å²) < 4.78 is 10.4. The minimum Gasteiger partial charge on any atom is -0.493 e. The summed E-state index contributed by atoms with van der Waals surface area (Å²) in [4.78, 5) is 0. The SMILES string of the molecule is C=Cc1ccc(OC)c(OC)c1C=C. The lowest BCUT2D eigenvalue weighted by Crippen LogP contribution is -1.94. The average Bonchev–Trinajstić information content (AvgIpc) is 2.26. The van der Waals surface area contributed by atoms with Crippen LogP contribution in [0, 0.1) is 0 Å². The molecule has 0 spiro atoms. The molecule has 0 N–H and O–H groups in total. The number of rotatable bonds is 4. The molecule has 14 heavy (non-hydrogen) atoms. The Balaban J connectivity index is 3.43. The molecule has 0 aliphatic heterocycles. The standard InChI is InChI=1S/C12H14O2/c1-5-9-7-8-11(13-3)12(14-4)10(9)6-2/h5-8H,1-2H2,3-4H3. The van der Waals surface area contributed by atoms with Crippen molar-refractivity contribution in [1.82, 2.24) is 0 Å². The molecule has 0 saturated heterocycles. The van der Waals surface area contributed by atoms with E-state index in [0.29, 0.717) is 11.5 Å². The van der Waals surface area contributed by atoms with Gasteiger partial charge in [0, 0.05) is 5.56 Å². The van der Waals surface area contributed by atoms with Crippen LogP contribution in [0.5, 0.6) is 11.5 Å². The van der Waals surface area contributed by atoms with Crippen molar-refractivity contribution in [1.29, 1.82) is 0 Å². The van der Waals surface area contributed by atoms with Crippen LogP contribution < -0.4 is 9.47 Å². The van der Waals surface area contributed by atoms with E-state index in [1.165, 1.54) is 0 Å². The van der Waals surface area contributed by atoms with Crippen molar-refractivity contribution in [2.24, 2.45) is 0 Å². The fraction of sp³-hybridized carbons (Fsp3) is 0.167. The Morgan fingerprint density at radius 3 is 2.21 bits per heavy atom. The smallest absolute Gasteiger partial charge is 0.168 e. The van der Waals surface area contributed by atoms with Gasteiger partial charge in [-0.15, -0.1) is 0 Å². The molecule has 1 aromatic carbocycles. The van der Waals surface area contributed by atoms with Crippen molar-refractivity contribution in [3.8, 4) is 11.5 Å². The summed E-state index contributed by atoms with van der Waals surface area (Å²) in [6.07, 6.45) is 3.50. The molecule has 2 heteroatoms. The lowest BCUT2D eigenvalue weighted by molar-refractivity contribution is 0.354. The summed E-state index contributed by atoms with van der Waals surface area (Å²) in [5.41, 5.74) is 1.89. The van der Waals surface area contributed by atoms with Gasteiger partial charge in [0.05, 0.1) is 14.2 Å². The molecule has 0 aromatic heterocycles. The first-order chi connectivity index (χ1) is 6.78. The number of hydrogen-bond donors (Lipinski definition) is 0. The van der Waals surface area contributed by atoms with Crippen LogP contribution in [-0.2, 0) is 0 Å². The molecule has 0 aliphatic carbocycles. The molecule has 0 amide bonds. The lowest BCUT2D eigenvalue weighted by atomic mass is 10.1. The minimum atomic E-state index is 0.694. The Morgan fingerprint density at radius 2 is 1.79 bits per heavy atom. The monoisotopic (exact) mass is 190 g/mol. The van der Waals surface area contributed by atoms with Gasteiger partial charge in [0.25, 0.3) is 0 Å². The highest BCUT2D eigenvalue weighted by Gasteiger charge is 2.09. The lowest BCUT2D eigenvalue weighted by Gasteiger charge is -2.12. The molecule has 74 valence electrons. The fourth-order valence-electron chi connectivity index (χ4n) is 1.35. The van der Waals surface area contributed by atoms with E-state index in [2.05, 4.69) is 13.2 Å². The van der Waals surface area contributed by atoms with Gasteiger partial charge in [0.2, 0.25) is 0 Å². The van der Waals surface area contributed by atoms with Crippen molar-refractivity contribution in [3.05, 3.63) is 36.4 Å². The third-order valence-electron chi connectivity index (χ3n) is 2.04. The van der Waals surface area contributed by atoms with Gasteiger partial charge in [0.1, 0.15) is 0 Å². The maximum Gasteiger partial charge on any atom is 0.168 e. The topological polar surface area (TPSA) is 18.5 Å². The molecule has 0 bridgehead atoms. The summed E-state index contributed by atoms with van der Waals surface area (Å²) in [7, 11) is 3.22. The Hall–Kier alpha value is -1.70. The largest absolute Gasteiger partial charge is 0.493 e. The Bertz CT molecular complexity index is 354. The number of ether oxygens (including phenoxy) is 2. The quantitative estimate of drug-likeness (QED) is 0.726. The van der Waals surface area contributed by atoms with Crippen LogP contribution in [0.1, 0.15) is 11.1 Å². The van der Waals surface area contributed by atoms with Crippen molar-refractivity contribution in [2.75, 3.05) is 14.2 Å². The van der Waals surface area contributed by atoms with Crippen LogP contribution in [0.25, 0.3) is 12.2 Å². The predicted molar refractivity (Wildman–Crippen MR) is 59.7 cm³/mol. The number of methoxy groups -OCH3 is 2. The summed E-state index contributed by atoms with van der Waals surface area (Å²) >= 11 is 0. The van der Waals surface area contributed by atoms with Crippen molar-refractivity contribution >= 4 is 12.2 Å². The third-order valence-corrected chi connectivity index (χ3v) is 2.04. The maximum absolute atomic E-state index is 5.26. The van der Waals surface area contributed by atoms with E-state index < -0.39 is 0 Å². The van der Waals surface area contributed by atoms with E-state index in [1.54, 1.807) is 26.4 Å². The van der Waals surface area contributed by atoms with Crippen molar-refractivity contribution in [3.63, 3.8) is 0 Å². The van der Waals surface area contributed by atoms with Crippen LogP contribution >= 0.6 is 0 Å². The van der Waals surface area contributed by atoms with Gasteiger partial charge in [-0.05, 0) is 11.6 Å². The second-order valence-electron chi connectivity index (χ2n) is 2.71. The highest BCUT2D eigenvalue weighted by molar-refractivity contribution is 5.71. The minimum absolute atomic E-state index is 0.694. The van der Waals surface area contributed by atoms with Crippen LogP contribution in [0.4, 0.5) is 0 Å². The summed E-state index contributed by atoms with van der Waals surface area (Å²) in [5.74, 6) is 1.40. The molecule has 1 aromatic rings. The van der Waals surface area contributed by atoms with E-state index in [0.717, 1.165) is 11.1 Å². The van der Waals surface area contributed by atoms with E-state index in [-0.39, 0.29) is 0 Å². The number of benzene rings is 1. The van der Waals surface area contributed by atoms with Gasteiger partial charge in [0.15, 0.2) is 11.5 Å². The van der Waals surface area contributed by atoms with E-state index in [4.69, 9.17) is 9.47 Å². The third kappa shape index (κ3) is 1.64. The van der Waals surface area contributed by atoms with E-state index in [9.17, 15) is 0 Å². The number of hydrogen-bond acceptors (Lipinski definition) is 2. The van der Waals surface area contributed by atoms with Gasteiger partial charge >= 0.3 is 0 Å². The predicted octanol–water partition coefficient (Wildman–Crippen LogP) is 2.99. The molecule has 0 heterocycles. The average molecular weight is 190 g/mol. The summed E-state index contributed by atoms with van der Waals surface area (Å²) in [6, 6.07) is 3.77. The first-order valence-electron chi connectivity index (χ1n) is 4.28. The molecule has 0 saturated carbocycles. The van der Waals surface area contributed by atoms with E-state index >= 15 is 0 Å². The summed E-state index contributed by atoms with van der Waals surface area (Å²) in [6.45, 7) is 7.47. The maximum atomic E-state index is 5.26. The molecule has 0 unspecified atom stereocenters. The van der Waals surface area contributed by atoms with Gasteiger partial charge in [-0.1, -0.05) is 31.4 Å². The summed E-state index contributed by atoms with van der Waals surface area (Å²) in [5, 5.41) is 0. The highest BCUT2D eigenvalue weighted by atomic mass is 16.5. The van der Waals surface area contributed by atoms with Crippen LogP contribution in [0.15, 0.2) is 25.3 Å². The van der Waals surface area contributed by atoms with Crippen LogP contribution in [0.3, 0.4) is 0 Å². The Kier molecular flexibility index (Phi) is 3.35. The van der Waals surface area contributed by atoms with Crippen molar-refractivity contribution in [2.45, 2.75) is 0 Å². The fourth-order valence-corrected chi connectivity index (χ4v) is 1.35. The van der Waals surface area contributed by atoms with Gasteiger partial charge < -0.3 is 9.47 Å². The van der Waals surface area contributed by atoms with Crippen LogP contribution in [-0.4, -0.2) is 14.2 Å². The Morgan fingerprint density at radius 1 is 1.07 bits per heavy atom. The van der Waals surface area contributed by atoms with E-state index in [1.807, 2.05) is 12.1 Å². The molecule has 0 radical (unpaired) electrons. The zero-order valence-corrected chi connectivity index (χ0v) is 8.54. The molecular weight excluding hydrogens is 176 g/mol. The van der Waals surface area contributed by atoms with Crippen LogP contribution in [0.2, 0.25) is 0 Å². The zero-order valence-electron chi connectivity index (χ0n) is 8.54. The molecule has 2 nitrogen and oxygen atoms in total.